The predicted molar refractivity (Wildman–Crippen MR) is 72.5 cm³/mol. The van der Waals surface area contributed by atoms with Crippen LogP contribution in [0, 0.1) is 19.1 Å². The molecule has 0 saturated heterocycles. The molecule has 0 spiro atoms. The Balaban J connectivity index is 2.07. The summed E-state index contributed by atoms with van der Waals surface area (Å²) in [5.41, 5.74) is 3.47. The van der Waals surface area contributed by atoms with E-state index in [2.05, 4.69) is 11.4 Å². The molecule has 0 atom stereocenters. The third kappa shape index (κ3) is 3.10. The number of carbonyl (C=O) groups is 1. The van der Waals surface area contributed by atoms with Crippen LogP contribution in [-0.4, -0.2) is 5.91 Å². The zero-order valence-corrected chi connectivity index (χ0v) is 11.0. The zero-order valence-electron chi connectivity index (χ0n) is 11.0. The fraction of sp³-hybridized carbons (Fsp3) is 0.200. The minimum atomic E-state index is -0.365. The number of aromatic nitrogens is 1. The van der Waals surface area contributed by atoms with E-state index in [1.165, 1.54) is 17.8 Å². The van der Waals surface area contributed by atoms with Crippen LogP contribution in [0.2, 0.25) is 0 Å². The molecule has 1 aromatic heterocycles. The van der Waals surface area contributed by atoms with Gasteiger partial charge in [-0.25, -0.2) is 0 Å². The van der Waals surface area contributed by atoms with Gasteiger partial charge in [0, 0.05) is 18.7 Å². The summed E-state index contributed by atoms with van der Waals surface area (Å²) in [4.78, 5) is 11.9. The largest absolute Gasteiger partial charge is 0.618 e. The maximum Gasteiger partial charge on any atom is 0.317 e. The van der Waals surface area contributed by atoms with Gasteiger partial charge in [-0.3, -0.25) is 4.79 Å². The first-order valence-electron chi connectivity index (χ1n) is 6.10. The first-order valence-corrected chi connectivity index (χ1v) is 6.10. The lowest BCUT2D eigenvalue weighted by molar-refractivity contribution is -0.607. The molecule has 4 nitrogen and oxygen atoms in total. The number of benzene rings is 1. The molecule has 0 unspecified atom stereocenters. The second kappa shape index (κ2) is 5.52. The minimum Gasteiger partial charge on any atom is -0.618 e. The van der Waals surface area contributed by atoms with E-state index in [0.717, 1.165) is 11.1 Å². The second-order valence-electron chi connectivity index (χ2n) is 4.52. The maximum absolute atomic E-state index is 11.9. The molecule has 0 radical (unpaired) electrons. The van der Waals surface area contributed by atoms with Gasteiger partial charge in [-0.05, 0) is 31.0 Å². The summed E-state index contributed by atoms with van der Waals surface area (Å²) in [6.45, 7) is 4.45. The van der Waals surface area contributed by atoms with Crippen LogP contribution in [0.1, 0.15) is 27.2 Å². The lowest BCUT2D eigenvalue weighted by atomic mass is 10.1. The molecule has 4 heteroatoms. The van der Waals surface area contributed by atoms with E-state index in [4.69, 9.17) is 0 Å². The Morgan fingerprint density at radius 3 is 2.74 bits per heavy atom. The van der Waals surface area contributed by atoms with Crippen LogP contribution in [0.5, 0.6) is 0 Å². The average molecular weight is 256 g/mol. The van der Waals surface area contributed by atoms with Gasteiger partial charge >= 0.3 is 5.91 Å². The third-order valence-electron chi connectivity index (χ3n) is 2.99. The summed E-state index contributed by atoms with van der Waals surface area (Å²) in [6.07, 6.45) is 1.31. The van der Waals surface area contributed by atoms with E-state index >= 15 is 0 Å². The van der Waals surface area contributed by atoms with Crippen molar-refractivity contribution in [1.29, 1.82) is 0 Å². The number of nitrogens with one attached hydrogen (secondary N) is 1. The van der Waals surface area contributed by atoms with Gasteiger partial charge in [0.2, 0.25) is 0 Å². The lowest BCUT2D eigenvalue weighted by Crippen LogP contribution is -2.38. The van der Waals surface area contributed by atoms with Crippen molar-refractivity contribution >= 4 is 5.91 Å². The number of pyridine rings is 1. The van der Waals surface area contributed by atoms with Gasteiger partial charge in [-0.2, -0.15) is 4.73 Å². The molecule has 1 aromatic carbocycles. The first-order chi connectivity index (χ1) is 9.08. The van der Waals surface area contributed by atoms with Crippen LogP contribution in [0.4, 0.5) is 0 Å². The summed E-state index contributed by atoms with van der Waals surface area (Å²) in [7, 11) is 0. The lowest BCUT2D eigenvalue weighted by Gasteiger charge is -2.08. The van der Waals surface area contributed by atoms with Gasteiger partial charge in [0.15, 0.2) is 6.20 Å². The van der Waals surface area contributed by atoms with Crippen molar-refractivity contribution in [3.05, 3.63) is 70.2 Å². The summed E-state index contributed by atoms with van der Waals surface area (Å²) in [5, 5.41) is 14.2. The topological polar surface area (TPSA) is 56.0 Å². The third-order valence-corrected chi connectivity index (χ3v) is 2.99. The fourth-order valence-corrected chi connectivity index (χ4v) is 1.91. The van der Waals surface area contributed by atoms with E-state index in [-0.39, 0.29) is 11.6 Å². The molecule has 2 rings (SSSR count). The molecular weight excluding hydrogens is 240 g/mol. The van der Waals surface area contributed by atoms with Crippen molar-refractivity contribution in [2.45, 2.75) is 20.4 Å². The molecule has 1 amide bonds. The number of nitrogens with zero attached hydrogens (tertiary/aromatic N) is 1. The van der Waals surface area contributed by atoms with E-state index in [9.17, 15) is 10.0 Å². The maximum atomic E-state index is 11.9. The Morgan fingerprint density at radius 1 is 1.26 bits per heavy atom. The second-order valence-corrected chi connectivity index (χ2v) is 4.52. The van der Waals surface area contributed by atoms with Gasteiger partial charge in [-0.15, -0.1) is 0 Å². The van der Waals surface area contributed by atoms with Gasteiger partial charge < -0.3 is 10.5 Å². The van der Waals surface area contributed by atoms with Crippen molar-refractivity contribution in [2.75, 3.05) is 0 Å². The number of carbonyl (C=O) groups excluding carboxylic acids is 1. The fourth-order valence-electron chi connectivity index (χ4n) is 1.91. The Kier molecular flexibility index (Phi) is 3.80. The molecule has 0 bridgehead atoms. The van der Waals surface area contributed by atoms with Gasteiger partial charge in [0.05, 0.1) is 0 Å². The molecule has 2 aromatic rings. The zero-order chi connectivity index (χ0) is 13.8. The Morgan fingerprint density at radius 2 is 2.05 bits per heavy atom. The Labute approximate surface area is 112 Å². The van der Waals surface area contributed by atoms with Crippen LogP contribution in [-0.2, 0) is 6.54 Å². The smallest absolute Gasteiger partial charge is 0.317 e. The molecule has 98 valence electrons. The van der Waals surface area contributed by atoms with Crippen LogP contribution in [0.25, 0.3) is 0 Å². The number of hydrogen-bond acceptors (Lipinski definition) is 2. The monoisotopic (exact) mass is 256 g/mol. The standard InChI is InChI=1S/C15H16N2O2/c1-11-6-7-13(12(2)9-11)10-16-15(18)14-5-3-4-8-17(14)19/h3-9H,10H2,1-2H3,(H,16,18). The van der Waals surface area contributed by atoms with Crippen LogP contribution in [0.15, 0.2) is 42.6 Å². The van der Waals surface area contributed by atoms with Crippen LogP contribution in [0.3, 0.4) is 0 Å². The molecule has 0 fully saturated rings. The highest BCUT2D eigenvalue weighted by Gasteiger charge is 2.14. The molecule has 0 aliphatic carbocycles. The highest BCUT2D eigenvalue weighted by Crippen LogP contribution is 2.10. The number of hydrogen-bond donors (Lipinski definition) is 1. The average Bonchev–Trinajstić information content (AvgIpc) is 2.38. The quantitative estimate of drug-likeness (QED) is 0.673. The summed E-state index contributed by atoms with van der Waals surface area (Å²) in [6, 6.07) is 10.8. The van der Waals surface area contributed by atoms with Crippen molar-refractivity contribution in [3.8, 4) is 0 Å². The molecule has 1 heterocycles. The van der Waals surface area contributed by atoms with Crippen molar-refractivity contribution < 1.29 is 9.52 Å². The van der Waals surface area contributed by atoms with Crippen molar-refractivity contribution in [2.24, 2.45) is 0 Å². The van der Waals surface area contributed by atoms with E-state index < -0.39 is 0 Å². The summed E-state index contributed by atoms with van der Waals surface area (Å²) >= 11 is 0. The molecule has 0 aliphatic heterocycles. The molecule has 19 heavy (non-hydrogen) atoms. The van der Waals surface area contributed by atoms with Crippen LogP contribution >= 0.6 is 0 Å². The van der Waals surface area contributed by atoms with E-state index in [1.54, 1.807) is 12.1 Å². The highest BCUT2D eigenvalue weighted by atomic mass is 16.5. The number of amides is 1. The number of rotatable bonds is 3. The predicted octanol–water partition coefficient (Wildman–Crippen LogP) is 1.87. The van der Waals surface area contributed by atoms with Crippen LogP contribution < -0.4 is 10.0 Å². The minimum absolute atomic E-state index is 0.104. The Hall–Kier alpha value is -2.36. The summed E-state index contributed by atoms with van der Waals surface area (Å²) in [5.74, 6) is -0.365. The highest BCUT2D eigenvalue weighted by molar-refractivity contribution is 5.90. The van der Waals surface area contributed by atoms with Gasteiger partial charge in [-0.1, -0.05) is 23.8 Å². The van der Waals surface area contributed by atoms with E-state index in [1.807, 2.05) is 26.0 Å². The SMILES string of the molecule is Cc1ccc(CNC(=O)c2cccc[n+]2[O-])c(C)c1. The van der Waals surface area contributed by atoms with Crippen molar-refractivity contribution in [1.82, 2.24) is 5.32 Å². The Bertz CT molecular complexity index is 609. The summed E-state index contributed by atoms with van der Waals surface area (Å²) < 4.78 is 0.567. The number of aryl methyl sites for hydroxylation is 2. The molecular formula is C15H16N2O2. The van der Waals surface area contributed by atoms with Gasteiger partial charge in [0.1, 0.15) is 0 Å². The van der Waals surface area contributed by atoms with Gasteiger partial charge in [0.25, 0.3) is 5.69 Å². The first kappa shape index (κ1) is 13.1. The molecule has 0 aliphatic rings. The van der Waals surface area contributed by atoms with E-state index in [0.29, 0.717) is 11.3 Å². The molecule has 1 N–H and O–H groups in total. The van der Waals surface area contributed by atoms with Crippen molar-refractivity contribution in [3.63, 3.8) is 0 Å². The molecule has 0 saturated carbocycles. The normalized spacial score (nSPS) is 10.2.